The third-order valence-corrected chi connectivity index (χ3v) is 4.30. The molecule has 0 fully saturated rings. The fourth-order valence-corrected chi connectivity index (χ4v) is 2.62. The zero-order valence-corrected chi connectivity index (χ0v) is 11.0. The number of benzene rings is 1. The van der Waals surface area contributed by atoms with Gasteiger partial charge in [0.2, 0.25) is 5.79 Å². The average Bonchev–Trinajstić information content (AvgIpc) is 2.48. The highest BCUT2D eigenvalue weighted by Gasteiger charge is 2.35. The molecule has 1 heterocycles. The van der Waals surface area contributed by atoms with Crippen molar-refractivity contribution in [2.45, 2.75) is 39.9 Å². The van der Waals surface area contributed by atoms with Gasteiger partial charge in [-0.15, -0.1) is 0 Å². The number of aliphatic hydroxyl groups is 1. The van der Waals surface area contributed by atoms with Crippen LogP contribution in [0.4, 0.5) is 0 Å². The van der Waals surface area contributed by atoms with Gasteiger partial charge in [0.25, 0.3) is 0 Å². The molecule has 1 atom stereocenters. The Kier molecular flexibility index (Phi) is 2.36. The monoisotopic (exact) mass is 270 g/mol. The molecule has 1 N–H and O–H groups in total. The summed E-state index contributed by atoms with van der Waals surface area (Å²) in [5.41, 5.74) is 4.59. The van der Waals surface area contributed by atoms with E-state index in [0.717, 1.165) is 21.3 Å². The second kappa shape index (κ2) is 3.22. The van der Waals surface area contributed by atoms with E-state index in [1.165, 1.54) is 11.1 Å². The summed E-state index contributed by atoms with van der Waals surface area (Å²) >= 11 is 3.58. The van der Waals surface area contributed by atoms with E-state index in [2.05, 4.69) is 29.8 Å². The summed E-state index contributed by atoms with van der Waals surface area (Å²) in [6, 6.07) is 0. The molecule has 0 aromatic heterocycles. The Labute approximate surface area is 98.4 Å². The van der Waals surface area contributed by atoms with Gasteiger partial charge in [0, 0.05) is 23.4 Å². The molecule has 82 valence electrons. The second-order valence-electron chi connectivity index (χ2n) is 4.45. The van der Waals surface area contributed by atoms with Crippen LogP contribution in [0.5, 0.6) is 5.75 Å². The molecule has 2 rings (SSSR count). The van der Waals surface area contributed by atoms with Gasteiger partial charge >= 0.3 is 0 Å². The Balaban J connectivity index is 2.69. The minimum Gasteiger partial charge on any atom is -0.462 e. The topological polar surface area (TPSA) is 29.5 Å². The standard InChI is InChI=1S/C12H15BrO2/c1-6-7(2)11-9(8(3)10(6)13)5-12(4,14)15-11/h14H,5H2,1-4H3. The van der Waals surface area contributed by atoms with Crippen molar-refractivity contribution in [1.82, 2.24) is 0 Å². The first-order valence-electron chi connectivity index (χ1n) is 5.03. The van der Waals surface area contributed by atoms with E-state index in [9.17, 15) is 5.11 Å². The van der Waals surface area contributed by atoms with Crippen LogP contribution in [-0.2, 0) is 6.42 Å². The van der Waals surface area contributed by atoms with E-state index in [-0.39, 0.29) is 0 Å². The van der Waals surface area contributed by atoms with Gasteiger partial charge in [-0.05, 0) is 37.5 Å². The molecule has 0 saturated carbocycles. The Morgan fingerprint density at radius 1 is 1.20 bits per heavy atom. The fourth-order valence-electron chi connectivity index (χ4n) is 2.08. The van der Waals surface area contributed by atoms with E-state index < -0.39 is 5.79 Å². The number of ether oxygens (including phenoxy) is 1. The van der Waals surface area contributed by atoms with Gasteiger partial charge in [0.15, 0.2) is 0 Å². The minimum atomic E-state index is -1.05. The normalized spacial score (nSPS) is 23.9. The van der Waals surface area contributed by atoms with Gasteiger partial charge in [0.1, 0.15) is 5.75 Å². The smallest absolute Gasteiger partial charge is 0.209 e. The number of hydrogen-bond acceptors (Lipinski definition) is 2. The molecule has 0 bridgehead atoms. The van der Waals surface area contributed by atoms with Crippen molar-refractivity contribution in [3.8, 4) is 5.75 Å². The zero-order chi connectivity index (χ0) is 11.4. The number of fused-ring (bicyclic) bond motifs is 1. The summed E-state index contributed by atoms with van der Waals surface area (Å²) in [5, 5.41) is 9.91. The van der Waals surface area contributed by atoms with Crippen LogP contribution in [0, 0.1) is 20.8 Å². The maximum Gasteiger partial charge on any atom is 0.209 e. The van der Waals surface area contributed by atoms with Crippen molar-refractivity contribution < 1.29 is 9.84 Å². The molecule has 1 aromatic rings. The first kappa shape index (κ1) is 11.0. The van der Waals surface area contributed by atoms with Crippen LogP contribution in [0.25, 0.3) is 0 Å². The lowest BCUT2D eigenvalue weighted by Crippen LogP contribution is -2.29. The van der Waals surface area contributed by atoms with Crippen LogP contribution in [0.15, 0.2) is 4.47 Å². The summed E-state index contributed by atoms with van der Waals surface area (Å²) in [7, 11) is 0. The lowest BCUT2D eigenvalue weighted by atomic mass is 9.97. The van der Waals surface area contributed by atoms with Crippen LogP contribution >= 0.6 is 15.9 Å². The van der Waals surface area contributed by atoms with Crippen LogP contribution in [-0.4, -0.2) is 10.9 Å². The average molecular weight is 271 g/mol. The number of halogens is 1. The second-order valence-corrected chi connectivity index (χ2v) is 5.24. The molecule has 0 amide bonds. The van der Waals surface area contributed by atoms with E-state index in [1.54, 1.807) is 6.92 Å². The molecule has 0 radical (unpaired) electrons. The van der Waals surface area contributed by atoms with Crippen molar-refractivity contribution in [1.29, 1.82) is 0 Å². The molecule has 1 unspecified atom stereocenters. The summed E-state index contributed by atoms with van der Waals surface area (Å²) in [5.74, 6) is -0.191. The molecule has 0 spiro atoms. The number of rotatable bonds is 0. The third kappa shape index (κ3) is 1.58. The molecule has 1 aliphatic heterocycles. The molecule has 1 aromatic carbocycles. The number of hydrogen-bond donors (Lipinski definition) is 1. The van der Waals surface area contributed by atoms with Gasteiger partial charge in [-0.25, -0.2) is 0 Å². The Morgan fingerprint density at radius 3 is 2.40 bits per heavy atom. The van der Waals surface area contributed by atoms with E-state index in [0.29, 0.717) is 6.42 Å². The highest BCUT2D eigenvalue weighted by atomic mass is 79.9. The van der Waals surface area contributed by atoms with Gasteiger partial charge < -0.3 is 9.84 Å². The van der Waals surface area contributed by atoms with Crippen LogP contribution in [0.2, 0.25) is 0 Å². The van der Waals surface area contributed by atoms with Gasteiger partial charge in [-0.2, -0.15) is 0 Å². The minimum absolute atomic E-state index is 0.563. The highest BCUT2D eigenvalue weighted by Crippen LogP contribution is 2.43. The molecule has 3 heteroatoms. The molecule has 0 saturated heterocycles. The van der Waals surface area contributed by atoms with Gasteiger partial charge in [-0.1, -0.05) is 15.9 Å². The molecular weight excluding hydrogens is 256 g/mol. The Bertz CT molecular complexity index is 397. The third-order valence-electron chi connectivity index (χ3n) is 3.12. The van der Waals surface area contributed by atoms with Crippen molar-refractivity contribution in [3.63, 3.8) is 0 Å². The van der Waals surface area contributed by atoms with Crippen molar-refractivity contribution in [2.24, 2.45) is 0 Å². The SMILES string of the molecule is Cc1c(C)c2c(c(C)c1Br)CC(C)(O)O2. The van der Waals surface area contributed by atoms with E-state index in [4.69, 9.17) is 4.74 Å². The quantitative estimate of drug-likeness (QED) is 0.786. The zero-order valence-electron chi connectivity index (χ0n) is 9.44. The van der Waals surface area contributed by atoms with Crippen molar-refractivity contribution >= 4 is 15.9 Å². The predicted molar refractivity (Wildman–Crippen MR) is 63.3 cm³/mol. The van der Waals surface area contributed by atoms with Crippen LogP contribution in [0.3, 0.4) is 0 Å². The van der Waals surface area contributed by atoms with Crippen LogP contribution < -0.4 is 4.74 Å². The summed E-state index contributed by atoms with van der Waals surface area (Å²) in [4.78, 5) is 0. The van der Waals surface area contributed by atoms with E-state index in [1.807, 2.05) is 6.92 Å². The van der Waals surface area contributed by atoms with Crippen molar-refractivity contribution in [3.05, 3.63) is 26.7 Å². The molecule has 15 heavy (non-hydrogen) atoms. The largest absolute Gasteiger partial charge is 0.462 e. The first-order valence-corrected chi connectivity index (χ1v) is 5.82. The molecular formula is C12H15BrO2. The van der Waals surface area contributed by atoms with Crippen molar-refractivity contribution in [2.75, 3.05) is 0 Å². The highest BCUT2D eigenvalue weighted by molar-refractivity contribution is 9.10. The maximum absolute atomic E-state index is 9.91. The Hall–Kier alpha value is -0.540. The lowest BCUT2D eigenvalue weighted by molar-refractivity contribution is -0.104. The predicted octanol–water partition coefficient (Wildman–Crippen LogP) is 3.02. The molecule has 1 aliphatic rings. The van der Waals surface area contributed by atoms with E-state index >= 15 is 0 Å². The first-order chi connectivity index (χ1) is 6.83. The Morgan fingerprint density at radius 2 is 1.80 bits per heavy atom. The van der Waals surface area contributed by atoms with Crippen LogP contribution in [0.1, 0.15) is 29.2 Å². The maximum atomic E-state index is 9.91. The summed E-state index contributed by atoms with van der Waals surface area (Å²) < 4.78 is 6.70. The van der Waals surface area contributed by atoms with Gasteiger partial charge in [-0.3, -0.25) is 0 Å². The fraction of sp³-hybridized carbons (Fsp3) is 0.500. The van der Waals surface area contributed by atoms with Gasteiger partial charge in [0.05, 0.1) is 0 Å². The molecule has 0 aliphatic carbocycles. The lowest BCUT2D eigenvalue weighted by Gasteiger charge is -2.16. The summed E-state index contributed by atoms with van der Waals surface area (Å²) in [6.07, 6.45) is 0.563. The summed E-state index contributed by atoms with van der Waals surface area (Å²) in [6.45, 7) is 7.85. The molecule has 2 nitrogen and oxygen atoms in total.